The largest absolute Gasteiger partial charge is 0.476 e. The molecule has 160 valence electrons. The molecule has 11 heteroatoms. The first-order chi connectivity index (χ1) is 13.2. The molecule has 2 amide bonds. The number of hydrogen-bond donors (Lipinski definition) is 2. The van der Waals surface area contributed by atoms with E-state index in [-0.39, 0.29) is 17.5 Å². The highest BCUT2D eigenvalue weighted by Gasteiger charge is 2.28. The van der Waals surface area contributed by atoms with Gasteiger partial charge in [0.05, 0.1) is 12.2 Å². The molecule has 0 aliphatic carbocycles. The molecule has 29 heavy (non-hydrogen) atoms. The Morgan fingerprint density at radius 3 is 2.31 bits per heavy atom. The van der Waals surface area contributed by atoms with Crippen LogP contribution >= 0.6 is 11.3 Å². The van der Waals surface area contributed by atoms with Crippen molar-refractivity contribution in [3.05, 3.63) is 15.6 Å². The number of guanidine groups is 1. The van der Waals surface area contributed by atoms with Crippen LogP contribution in [0.25, 0.3) is 0 Å². The Morgan fingerprint density at radius 1 is 1.14 bits per heavy atom. The van der Waals surface area contributed by atoms with E-state index in [4.69, 9.17) is 14.6 Å². The Kier molecular flexibility index (Phi) is 6.51. The van der Waals surface area contributed by atoms with E-state index in [0.717, 1.165) is 16.2 Å². The van der Waals surface area contributed by atoms with Crippen LogP contribution in [0.15, 0.2) is 4.99 Å². The standard InChI is InChI=1S/C18H26N4O6S/c1-17(2,3)27-15(25)20-14(21-16(26)28-18(4,5)6)22-8-7-10-11(9-22)29-12(19-10)13(23)24/h7-9H2,1-6H3,(H,23,24)(H,20,21,25,26). The number of thiazole rings is 1. The van der Waals surface area contributed by atoms with Crippen molar-refractivity contribution in [3.63, 3.8) is 0 Å². The van der Waals surface area contributed by atoms with E-state index < -0.39 is 29.4 Å². The number of aromatic carboxylic acids is 1. The Morgan fingerprint density at radius 2 is 1.76 bits per heavy atom. The smallest absolute Gasteiger partial charge is 0.437 e. The van der Waals surface area contributed by atoms with Crippen molar-refractivity contribution in [3.8, 4) is 0 Å². The number of fused-ring (bicyclic) bond motifs is 1. The first-order valence-electron chi connectivity index (χ1n) is 9.02. The van der Waals surface area contributed by atoms with Gasteiger partial charge < -0.3 is 19.5 Å². The molecular formula is C18H26N4O6S. The highest BCUT2D eigenvalue weighted by molar-refractivity contribution is 7.13. The fraction of sp³-hybridized carbons (Fsp3) is 0.611. The number of rotatable bonds is 1. The molecular weight excluding hydrogens is 400 g/mol. The lowest BCUT2D eigenvalue weighted by Crippen LogP contribution is -2.48. The maximum Gasteiger partial charge on any atom is 0.437 e. The van der Waals surface area contributed by atoms with Crippen molar-refractivity contribution in [2.24, 2.45) is 4.99 Å². The Balaban J connectivity index is 2.25. The van der Waals surface area contributed by atoms with Crippen LogP contribution in [0.5, 0.6) is 0 Å². The van der Waals surface area contributed by atoms with Gasteiger partial charge in [-0.15, -0.1) is 16.3 Å². The zero-order chi connectivity index (χ0) is 22.0. The van der Waals surface area contributed by atoms with Crippen LogP contribution in [0.4, 0.5) is 9.59 Å². The van der Waals surface area contributed by atoms with Gasteiger partial charge in [0.15, 0.2) is 0 Å². The number of amides is 2. The minimum atomic E-state index is -1.09. The number of carboxylic acids is 1. The van der Waals surface area contributed by atoms with E-state index in [2.05, 4.69) is 15.3 Å². The molecule has 0 aromatic carbocycles. The van der Waals surface area contributed by atoms with Gasteiger partial charge in [-0.1, -0.05) is 0 Å². The summed E-state index contributed by atoms with van der Waals surface area (Å²) in [4.78, 5) is 46.0. The van der Waals surface area contributed by atoms with Crippen LogP contribution in [-0.4, -0.2) is 56.9 Å². The SMILES string of the molecule is CC(C)(C)OC(=O)/N=C(/NC(=O)OC(C)(C)C)N1CCc2nc(C(=O)O)sc2C1. The Labute approximate surface area is 172 Å². The third kappa shape index (κ3) is 7.00. The van der Waals surface area contributed by atoms with E-state index in [1.165, 1.54) is 0 Å². The van der Waals surface area contributed by atoms with Gasteiger partial charge in [0.2, 0.25) is 11.0 Å². The van der Waals surface area contributed by atoms with Crippen LogP contribution < -0.4 is 5.32 Å². The number of carboxylic acid groups (broad SMARTS) is 1. The van der Waals surface area contributed by atoms with Crippen LogP contribution in [-0.2, 0) is 22.4 Å². The molecule has 1 aliphatic heterocycles. The van der Waals surface area contributed by atoms with Gasteiger partial charge >= 0.3 is 18.2 Å². The van der Waals surface area contributed by atoms with Crippen LogP contribution in [0, 0.1) is 0 Å². The number of nitrogens with zero attached hydrogens (tertiary/aromatic N) is 3. The third-order valence-electron chi connectivity index (χ3n) is 3.42. The summed E-state index contributed by atoms with van der Waals surface area (Å²) in [7, 11) is 0. The molecule has 0 radical (unpaired) electrons. The normalized spacial score (nSPS) is 14.8. The summed E-state index contributed by atoms with van der Waals surface area (Å²) in [6.45, 7) is 10.9. The number of aliphatic imine (C=N–C) groups is 1. The summed E-state index contributed by atoms with van der Waals surface area (Å²) in [5.74, 6) is -1.12. The quantitative estimate of drug-likeness (QED) is 0.518. The highest BCUT2D eigenvalue weighted by atomic mass is 32.1. The van der Waals surface area contributed by atoms with Crippen molar-refractivity contribution >= 4 is 35.5 Å². The van der Waals surface area contributed by atoms with E-state index in [1.54, 1.807) is 46.4 Å². The van der Waals surface area contributed by atoms with Gasteiger partial charge in [0.1, 0.15) is 11.2 Å². The van der Waals surface area contributed by atoms with Crippen LogP contribution in [0.1, 0.15) is 61.9 Å². The second-order valence-electron chi connectivity index (χ2n) is 8.41. The van der Waals surface area contributed by atoms with Crippen molar-refractivity contribution in [2.75, 3.05) is 6.54 Å². The molecule has 2 N–H and O–H groups in total. The molecule has 0 saturated carbocycles. The zero-order valence-corrected chi connectivity index (χ0v) is 18.2. The molecule has 1 aromatic rings. The minimum absolute atomic E-state index is 0.00239. The maximum absolute atomic E-state index is 12.2. The van der Waals surface area contributed by atoms with Crippen molar-refractivity contribution in [1.82, 2.24) is 15.2 Å². The lowest BCUT2D eigenvalue weighted by molar-refractivity contribution is 0.0552. The van der Waals surface area contributed by atoms with Crippen molar-refractivity contribution < 1.29 is 29.0 Å². The number of nitrogens with one attached hydrogen (secondary N) is 1. The summed E-state index contributed by atoms with van der Waals surface area (Å²) in [5.41, 5.74) is -0.789. The van der Waals surface area contributed by atoms with Gasteiger partial charge in [-0.2, -0.15) is 0 Å². The number of carbonyl (C=O) groups is 3. The van der Waals surface area contributed by atoms with Gasteiger partial charge in [-0.05, 0) is 41.5 Å². The van der Waals surface area contributed by atoms with E-state index in [0.29, 0.717) is 18.7 Å². The lowest BCUT2D eigenvalue weighted by atomic mass is 10.2. The Bertz CT molecular complexity index is 834. The van der Waals surface area contributed by atoms with Gasteiger partial charge in [-0.3, -0.25) is 5.32 Å². The molecule has 0 bridgehead atoms. The van der Waals surface area contributed by atoms with Crippen molar-refractivity contribution in [1.29, 1.82) is 0 Å². The molecule has 2 heterocycles. The second kappa shape index (κ2) is 8.36. The number of alkyl carbamates (subject to hydrolysis) is 1. The maximum atomic E-state index is 12.2. The second-order valence-corrected chi connectivity index (χ2v) is 9.49. The summed E-state index contributed by atoms with van der Waals surface area (Å²) >= 11 is 1.05. The Hall–Kier alpha value is -2.69. The number of hydrogen-bond acceptors (Lipinski definition) is 7. The monoisotopic (exact) mass is 426 g/mol. The molecule has 0 atom stereocenters. The summed E-state index contributed by atoms with van der Waals surface area (Å²) in [6, 6.07) is 0. The summed E-state index contributed by atoms with van der Waals surface area (Å²) in [5, 5.41) is 11.6. The highest BCUT2D eigenvalue weighted by Crippen LogP contribution is 2.25. The van der Waals surface area contributed by atoms with E-state index in [9.17, 15) is 14.4 Å². The topological polar surface area (TPSA) is 130 Å². The van der Waals surface area contributed by atoms with Gasteiger partial charge in [-0.25, -0.2) is 19.4 Å². The fourth-order valence-electron chi connectivity index (χ4n) is 2.41. The van der Waals surface area contributed by atoms with E-state index >= 15 is 0 Å². The number of ether oxygens (including phenoxy) is 2. The number of carbonyl (C=O) groups excluding carboxylic acids is 2. The average molecular weight is 426 g/mol. The molecule has 2 rings (SSSR count). The summed E-state index contributed by atoms with van der Waals surface area (Å²) < 4.78 is 10.5. The molecule has 1 aromatic heterocycles. The molecule has 0 saturated heterocycles. The molecule has 0 spiro atoms. The predicted octanol–water partition coefficient (Wildman–Crippen LogP) is 3.02. The summed E-state index contributed by atoms with van der Waals surface area (Å²) in [6.07, 6.45) is -1.17. The predicted molar refractivity (Wildman–Crippen MR) is 106 cm³/mol. The van der Waals surface area contributed by atoms with Crippen LogP contribution in [0.2, 0.25) is 0 Å². The number of aromatic nitrogens is 1. The lowest BCUT2D eigenvalue weighted by Gasteiger charge is -2.29. The molecule has 0 unspecified atom stereocenters. The van der Waals surface area contributed by atoms with Crippen molar-refractivity contribution in [2.45, 2.75) is 65.7 Å². The average Bonchev–Trinajstić information content (AvgIpc) is 2.93. The molecule has 1 aliphatic rings. The molecule has 10 nitrogen and oxygen atoms in total. The fourth-order valence-corrected chi connectivity index (χ4v) is 3.37. The van der Waals surface area contributed by atoms with Crippen LogP contribution in [0.3, 0.4) is 0 Å². The van der Waals surface area contributed by atoms with Gasteiger partial charge in [0, 0.05) is 17.8 Å². The third-order valence-corrected chi connectivity index (χ3v) is 4.49. The van der Waals surface area contributed by atoms with Gasteiger partial charge in [0.25, 0.3) is 0 Å². The first-order valence-corrected chi connectivity index (χ1v) is 9.83. The zero-order valence-electron chi connectivity index (χ0n) is 17.4. The minimum Gasteiger partial charge on any atom is -0.476 e. The van der Waals surface area contributed by atoms with E-state index in [1.807, 2.05) is 0 Å². The molecule has 0 fully saturated rings. The first kappa shape index (κ1) is 22.6.